The van der Waals surface area contributed by atoms with Gasteiger partial charge in [-0.05, 0) is 32.3 Å². The molecule has 3 aromatic heterocycles. The summed E-state index contributed by atoms with van der Waals surface area (Å²) < 4.78 is 12.3. The molecule has 1 saturated carbocycles. The van der Waals surface area contributed by atoms with Gasteiger partial charge in [0.2, 0.25) is 5.91 Å². The zero-order valence-electron chi connectivity index (χ0n) is 19.2. The van der Waals surface area contributed by atoms with Crippen LogP contribution in [0.25, 0.3) is 11.5 Å². The van der Waals surface area contributed by atoms with Crippen molar-refractivity contribution in [3.63, 3.8) is 0 Å². The van der Waals surface area contributed by atoms with Crippen molar-refractivity contribution >= 4 is 29.2 Å². The van der Waals surface area contributed by atoms with Gasteiger partial charge in [0.05, 0.1) is 17.6 Å². The van der Waals surface area contributed by atoms with Gasteiger partial charge in [-0.25, -0.2) is 4.79 Å². The Labute approximate surface area is 199 Å². The topological polar surface area (TPSA) is 153 Å². The highest BCUT2D eigenvalue weighted by Gasteiger charge is 2.32. The van der Waals surface area contributed by atoms with E-state index in [0.29, 0.717) is 23.8 Å². The number of anilines is 2. The number of amides is 1. The van der Waals surface area contributed by atoms with Crippen molar-refractivity contribution in [3.8, 4) is 11.5 Å². The Morgan fingerprint density at radius 2 is 2.09 bits per heavy atom. The second-order valence-electron chi connectivity index (χ2n) is 8.25. The van der Waals surface area contributed by atoms with Crippen molar-refractivity contribution in [1.29, 1.82) is 0 Å². The summed E-state index contributed by atoms with van der Waals surface area (Å²) in [6, 6.07) is 1.56. The molecule has 1 aliphatic rings. The summed E-state index contributed by atoms with van der Waals surface area (Å²) >= 11 is 1.08. The number of nitrogens with zero attached hydrogens (tertiary/aromatic N) is 4. The van der Waals surface area contributed by atoms with Crippen molar-refractivity contribution in [2.45, 2.75) is 70.2 Å². The summed E-state index contributed by atoms with van der Waals surface area (Å²) in [5, 5.41) is 8.25. The third kappa shape index (κ3) is 4.81. The second-order valence-corrected chi connectivity index (χ2v) is 9.18. The van der Waals surface area contributed by atoms with E-state index in [1.165, 1.54) is 15.7 Å². The maximum absolute atomic E-state index is 13.4. The highest BCUT2D eigenvalue weighted by molar-refractivity contribution is 7.99. The largest absolute Gasteiger partial charge is 0.469 e. The number of nitrogens with one attached hydrogen (secondary N) is 1. The van der Waals surface area contributed by atoms with Gasteiger partial charge in [0.25, 0.3) is 16.7 Å². The number of aryl methyl sites for hydroxylation is 1. The van der Waals surface area contributed by atoms with Gasteiger partial charge in [-0.3, -0.25) is 19.1 Å². The monoisotopic (exact) mass is 488 g/mol. The van der Waals surface area contributed by atoms with E-state index in [4.69, 9.17) is 14.6 Å². The first kappa shape index (κ1) is 23.9. The molecule has 4 rings (SSSR count). The van der Waals surface area contributed by atoms with Gasteiger partial charge in [0.1, 0.15) is 11.6 Å². The van der Waals surface area contributed by atoms with Crippen LogP contribution in [0.4, 0.5) is 11.5 Å². The van der Waals surface area contributed by atoms with E-state index in [0.717, 1.165) is 50.3 Å². The fourth-order valence-corrected chi connectivity index (χ4v) is 4.82. The molecular weight excluding hydrogens is 460 g/mol. The van der Waals surface area contributed by atoms with Gasteiger partial charge in [0.15, 0.2) is 5.69 Å². The predicted molar refractivity (Wildman–Crippen MR) is 128 cm³/mol. The summed E-state index contributed by atoms with van der Waals surface area (Å²) in [7, 11) is 0. The number of nitrogen functional groups attached to an aromatic ring is 1. The fourth-order valence-electron chi connectivity index (χ4n) is 4.20. The number of H-pyrrole nitrogens is 1. The number of aromatic nitrogens is 4. The van der Waals surface area contributed by atoms with Crippen LogP contribution in [-0.4, -0.2) is 37.5 Å². The molecule has 34 heavy (non-hydrogen) atoms. The molecule has 11 nitrogen and oxygen atoms in total. The van der Waals surface area contributed by atoms with Crippen LogP contribution in [0.5, 0.6) is 0 Å². The molecule has 1 fully saturated rings. The van der Waals surface area contributed by atoms with E-state index in [-0.39, 0.29) is 34.4 Å². The van der Waals surface area contributed by atoms with Crippen LogP contribution in [0.3, 0.4) is 0 Å². The average molecular weight is 489 g/mol. The molecule has 0 aliphatic heterocycles. The number of hydrogen-bond acceptors (Lipinski definition) is 9. The minimum Gasteiger partial charge on any atom is -0.469 e. The molecule has 3 N–H and O–H groups in total. The SMILES string of the molecule is CCCCn1c(N)c(N(C(=O)CSc2nnc(-c3ccoc3C)o2)C2CCCC2)c(=O)[nH]c1=O. The van der Waals surface area contributed by atoms with Crippen LogP contribution < -0.4 is 21.9 Å². The number of carbonyl (C=O) groups is 1. The number of carbonyl (C=O) groups excluding carboxylic acids is 1. The third-order valence-electron chi connectivity index (χ3n) is 5.96. The van der Waals surface area contributed by atoms with Crippen molar-refractivity contribution in [2.24, 2.45) is 0 Å². The Bertz CT molecular complexity index is 1270. The van der Waals surface area contributed by atoms with Crippen LogP contribution in [0.15, 0.2) is 36.0 Å². The van der Waals surface area contributed by atoms with Gasteiger partial charge in [-0.1, -0.05) is 37.9 Å². The zero-order chi connectivity index (χ0) is 24.2. The summed E-state index contributed by atoms with van der Waals surface area (Å²) in [6.07, 6.45) is 6.53. The Hall–Kier alpha value is -3.28. The quantitative estimate of drug-likeness (QED) is 0.433. The molecule has 0 bridgehead atoms. The molecule has 1 amide bonds. The number of thioether (sulfide) groups is 1. The maximum Gasteiger partial charge on any atom is 0.330 e. The van der Waals surface area contributed by atoms with Crippen LogP contribution in [0.2, 0.25) is 0 Å². The molecule has 0 radical (unpaired) electrons. The minimum absolute atomic E-state index is 0.0166. The van der Waals surface area contributed by atoms with Gasteiger partial charge < -0.3 is 19.5 Å². The van der Waals surface area contributed by atoms with E-state index in [1.54, 1.807) is 13.0 Å². The molecule has 0 spiro atoms. The summed E-state index contributed by atoms with van der Waals surface area (Å²) in [5.74, 6) is 0.626. The smallest absolute Gasteiger partial charge is 0.330 e. The maximum atomic E-state index is 13.4. The third-order valence-corrected chi connectivity index (χ3v) is 6.77. The van der Waals surface area contributed by atoms with Gasteiger partial charge in [0, 0.05) is 12.6 Å². The van der Waals surface area contributed by atoms with E-state index >= 15 is 0 Å². The highest BCUT2D eigenvalue weighted by atomic mass is 32.2. The lowest BCUT2D eigenvalue weighted by Gasteiger charge is -2.29. The lowest BCUT2D eigenvalue weighted by atomic mass is 10.2. The number of aromatic amines is 1. The van der Waals surface area contributed by atoms with Crippen molar-refractivity contribution in [1.82, 2.24) is 19.7 Å². The molecule has 12 heteroatoms. The van der Waals surface area contributed by atoms with Crippen LogP contribution in [0.1, 0.15) is 51.2 Å². The Balaban J connectivity index is 1.59. The van der Waals surface area contributed by atoms with Gasteiger partial charge >= 0.3 is 5.69 Å². The number of unbranched alkanes of at least 4 members (excludes halogenated alkanes) is 1. The first-order valence-electron chi connectivity index (χ1n) is 11.4. The van der Waals surface area contributed by atoms with E-state index in [2.05, 4.69) is 15.2 Å². The summed E-state index contributed by atoms with van der Waals surface area (Å²) in [6.45, 7) is 4.15. The van der Waals surface area contributed by atoms with Crippen LogP contribution in [-0.2, 0) is 11.3 Å². The number of nitrogens with two attached hydrogens (primary N) is 1. The molecule has 1 aliphatic carbocycles. The zero-order valence-corrected chi connectivity index (χ0v) is 20.0. The number of hydrogen-bond donors (Lipinski definition) is 2. The number of rotatable bonds is 9. The molecule has 3 heterocycles. The standard InChI is InChI=1S/C22H28N6O5S/c1-3-4-10-27-18(23)17(19(30)24-21(27)31)28(14-7-5-6-8-14)16(29)12-34-22-26-25-20(33-22)15-9-11-32-13(15)2/h9,11,14H,3-8,10,12,23H2,1-2H3,(H,24,30,31). The Morgan fingerprint density at radius 1 is 1.32 bits per heavy atom. The Morgan fingerprint density at radius 3 is 2.76 bits per heavy atom. The van der Waals surface area contributed by atoms with Crippen molar-refractivity contribution in [3.05, 3.63) is 38.9 Å². The lowest BCUT2D eigenvalue weighted by Crippen LogP contribution is -2.46. The predicted octanol–water partition coefficient (Wildman–Crippen LogP) is 2.94. The summed E-state index contributed by atoms with van der Waals surface area (Å²) in [4.78, 5) is 42.4. The van der Waals surface area contributed by atoms with Crippen LogP contribution >= 0.6 is 11.8 Å². The first-order valence-corrected chi connectivity index (χ1v) is 12.3. The van der Waals surface area contributed by atoms with E-state index in [1.807, 2.05) is 6.92 Å². The number of furan rings is 1. The molecule has 0 atom stereocenters. The van der Waals surface area contributed by atoms with Gasteiger partial charge in [-0.2, -0.15) is 0 Å². The van der Waals surface area contributed by atoms with E-state index in [9.17, 15) is 14.4 Å². The van der Waals surface area contributed by atoms with Crippen molar-refractivity contribution in [2.75, 3.05) is 16.4 Å². The molecule has 0 aromatic carbocycles. The average Bonchev–Trinajstić information content (AvgIpc) is 3.57. The van der Waals surface area contributed by atoms with Crippen LogP contribution in [0, 0.1) is 6.92 Å². The lowest BCUT2D eigenvalue weighted by molar-refractivity contribution is -0.116. The molecular formula is C22H28N6O5S. The fraction of sp³-hybridized carbons (Fsp3) is 0.500. The minimum atomic E-state index is -0.656. The molecule has 0 saturated heterocycles. The first-order chi connectivity index (χ1) is 16.4. The molecule has 3 aromatic rings. The summed E-state index contributed by atoms with van der Waals surface area (Å²) in [5.41, 5.74) is 5.80. The van der Waals surface area contributed by atoms with E-state index < -0.39 is 11.2 Å². The molecule has 0 unspecified atom stereocenters. The second kappa shape index (κ2) is 10.3. The van der Waals surface area contributed by atoms with Crippen molar-refractivity contribution < 1.29 is 13.6 Å². The Kier molecular flexibility index (Phi) is 7.25. The molecule has 182 valence electrons. The van der Waals surface area contributed by atoms with Gasteiger partial charge in [-0.15, -0.1) is 10.2 Å². The normalized spacial score (nSPS) is 14.1. The highest BCUT2D eigenvalue weighted by Crippen LogP contribution is 2.31.